The zero-order chi connectivity index (χ0) is 66.0. The lowest BCUT2D eigenvalue weighted by Gasteiger charge is -2.09. The summed E-state index contributed by atoms with van der Waals surface area (Å²) in [7, 11) is 0. The summed E-state index contributed by atoms with van der Waals surface area (Å²) in [5.74, 6) is 0. The third-order valence-electron chi connectivity index (χ3n) is 9.02. The molecule has 12 rings (SSSR count). The van der Waals surface area contributed by atoms with Gasteiger partial charge < -0.3 is 4.42 Å². The van der Waals surface area contributed by atoms with E-state index in [1.165, 1.54) is 0 Å². The molecule has 3 nitrogen and oxygen atoms in total. The van der Waals surface area contributed by atoms with Crippen LogP contribution in [0.5, 0.6) is 0 Å². The molecule has 0 aliphatic rings. The van der Waals surface area contributed by atoms with E-state index in [0.717, 1.165) is 0 Å². The van der Waals surface area contributed by atoms with Crippen LogP contribution in [0.25, 0.3) is 120 Å². The molecule has 0 saturated carbocycles. The molecule has 0 fully saturated rings. The van der Waals surface area contributed by atoms with Crippen LogP contribution in [0.2, 0.25) is 0 Å². The number of nitrogens with zero attached hydrogens (tertiary/aromatic N) is 2. The van der Waals surface area contributed by atoms with Gasteiger partial charge in [-0.05, 0) is 114 Å². The highest BCUT2D eigenvalue weighted by Gasteiger charge is 2.17. The minimum absolute atomic E-state index is 0.123. The molecule has 0 spiro atoms. The average Bonchev–Trinajstić information content (AvgIpc) is 1.19. The molecule has 0 saturated heterocycles. The Bertz CT molecular complexity index is 5470. The summed E-state index contributed by atoms with van der Waals surface area (Å²) in [6, 6.07) is -26.8. The SMILES string of the molecule is [2H]c1nc(-c2c([2H])c([2H])c([2H])c(-c3c([2H])c([2H])c([2H])c(-c4c([2H])c([2H])c([2H])c5c4sc4c([2H])c([2H])c([2H])c([2H])c45)c3[2H])c2[2H])c2oc3c([2H])c([2H])c(-c4c([2H])c([2H])c5c([2H])c(-c6c([2H])c([2H])c7c([2H])c([2H])c([2H])c([2H])c7c6[2H])c([2H])c([2H])c5c4[2H])c([2H])c3c2n1. The quantitative estimate of drug-likeness (QED) is 0.174. The first kappa shape index (κ1) is 14.2. The summed E-state index contributed by atoms with van der Waals surface area (Å²) in [5, 5.41) is -3.48. The van der Waals surface area contributed by atoms with Gasteiger partial charge in [-0.2, -0.15) is 0 Å². The zero-order valence-electron chi connectivity index (χ0n) is 60.7. The van der Waals surface area contributed by atoms with E-state index in [2.05, 4.69) is 9.97 Å². The third kappa shape index (κ3) is 5.42. The fourth-order valence-electron chi connectivity index (χ4n) is 6.36. The van der Waals surface area contributed by atoms with Crippen molar-refractivity contribution in [2.45, 2.75) is 0 Å². The first-order valence-electron chi connectivity index (χ1n) is 33.0. The van der Waals surface area contributed by atoms with E-state index in [9.17, 15) is 13.7 Å². The van der Waals surface area contributed by atoms with Gasteiger partial charge in [0.15, 0.2) is 5.58 Å². The van der Waals surface area contributed by atoms with Crippen LogP contribution in [0.15, 0.2) is 198 Å². The molecule has 3 aromatic heterocycles. The minimum Gasteiger partial charge on any atom is -0.452 e. The lowest BCUT2D eigenvalue weighted by atomic mass is 9.96. The zero-order valence-corrected chi connectivity index (χ0v) is 29.5. The van der Waals surface area contributed by atoms with Crippen LogP contribution < -0.4 is 0 Å². The standard InChI is InChI=1S/C54H32N2OS/c1-2-9-34-26-37(19-18-33(34)8-1)38-20-21-40-28-41(23-22-39(40)27-38)42-24-25-49-48(31-42)52-53(57-49)51(55-32-56-52)44-13-6-11-36(30-44)35-10-5-12-43(29-35)45-15-7-16-47-46-14-3-4-17-50(46)58-54(45)47/h1-32H/i1D,2D,3D,4D,5D,6D,7D,8D,9D,10D,11D,12D,13D,14D,15D,16D,17D,18D,19D,20D,21D,22D,23D,24D,25D,26D,27D,28D,29D,30D,31D,32D. The maximum Gasteiger partial charge on any atom is 0.180 e. The number of benzene rings is 9. The molecule has 0 bridgehead atoms. The largest absolute Gasteiger partial charge is 0.452 e. The van der Waals surface area contributed by atoms with E-state index in [1.807, 2.05) is 0 Å². The van der Waals surface area contributed by atoms with Gasteiger partial charge in [0.1, 0.15) is 24.5 Å². The van der Waals surface area contributed by atoms with E-state index in [1.54, 1.807) is 0 Å². The number of furan rings is 1. The topological polar surface area (TPSA) is 38.9 Å². The van der Waals surface area contributed by atoms with Gasteiger partial charge in [-0.1, -0.05) is 139 Å². The summed E-state index contributed by atoms with van der Waals surface area (Å²) < 4.78 is 293. The fraction of sp³-hybridized carbons (Fsp3) is 0. The predicted molar refractivity (Wildman–Crippen MR) is 244 cm³/mol. The van der Waals surface area contributed by atoms with Gasteiger partial charge in [0.05, 0.1) is 42.5 Å². The van der Waals surface area contributed by atoms with Crippen molar-refractivity contribution < 1.29 is 48.3 Å². The minimum atomic E-state index is -1.02. The van der Waals surface area contributed by atoms with Crippen LogP contribution in [-0.4, -0.2) is 9.97 Å². The van der Waals surface area contributed by atoms with Crippen LogP contribution >= 0.6 is 11.3 Å². The number of hydrogen-bond acceptors (Lipinski definition) is 4. The van der Waals surface area contributed by atoms with Crippen molar-refractivity contribution in [3.63, 3.8) is 0 Å². The fourth-order valence-corrected chi connectivity index (χ4v) is 7.43. The van der Waals surface area contributed by atoms with Crippen molar-refractivity contribution in [2.75, 3.05) is 0 Å². The lowest BCUT2D eigenvalue weighted by molar-refractivity contribution is 0.667. The molecule has 0 N–H and O–H groups in total. The van der Waals surface area contributed by atoms with E-state index in [-0.39, 0.29) is 20.2 Å². The molecule has 58 heavy (non-hydrogen) atoms. The smallest absolute Gasteiger partial charge is 0.180 e. The Balaban J connectivity index is 1.09. The molecule has 3 heterocycles. The van der Waals surface area contributed by atoms with Crippen LogP contribution in [0.3, 0.4) is 0 Å². The molecule has 0 aliphatic heterocycles. The monoisotopic (exact) mass is 788 g/mol. The lowest BCUT2D eigenvalue weighted by Crippen LogP contribution is -1.88. The van der Waals surface area contributed by atoms with Crippen LogP contribution in [-0.2, 0) is 0 Å². The van der Waals surface area contributed by atoms with Crippen LogP contribution in [0.4, 0.5) is 0 Å². The summed E-state index contributed by atoms with van der Waals surface area (Å²) in [4.78, 5) is 8.22. The second kappa shape index (κ2) is 13.1. The maximum absolute atomic E-state index is 9.68. The normalized spacial score (nSPS) is 19.5. The van der Waals surface area contributed by atoms with Gasteiger partial charge in [0.2, 0.25) is 0 Å². The van der Waals surface area contributed by atoms with Crippen molar-refractivity contribution in [3.8, 4) is 55.8 Å². The maximum atomic E-state index is 9.68. The Hall–Kier alpha value is -7.40. The number of thiophene rings is 1. The summed E-state index contributed by atoms with van der Waals surface area (Å²) >= 11 is 0.637. The molecule has 0 aliphatic carbocycles. The van der Waals surface area contributed by atoms with Crippen molar-refractivity contribution >= 4 is 75.1 Å². The molecule has 12 aromatic rings. The summed E-state index contributed by atoms with van der Waals surface area (Å²) in [5.41, 5.74) is -9.19. The van der Waals surface area contributed by atoms with Crippen LogP contribution in [0.1, 0.15) is 43.9 Å². The van der Waals surface area contributed by atoms with E-state index >= 15 is 0 Å². The van der Waals surface area contributed by atoms with Crippen molar-refractivity contribution in [3.05, 3.63) is 194 Å². The van der Waals surface area contributed by atoms with E-state index < -0.39 is 293 Å². The Morgan fingerprint density at radius 1 is 0.414 bits per heavy atom. The Labute approximate surface area is 383 Å². The molecule has 0 atom stereocenters. The first-order chi connectivity index (χ1) is 42.1. The van der Waals surface area contributed by atoms with E-state index in [0.29, 0.717) is 11.3 Å². The second-order valence-electron chi connectivity index (χ2n) is 12.4. The van der Waals surface area contributed by atoms with Gasteiger partial charge in [-0.25, -0.2) is 9.97 Å². The highest BCUT2D eigenvalue weighted by Crippen LogP contribution is 2.42. The Morgan fingerprint density at radius 3 is 1.78 bits per heavy atom. The molecule has 0 amide bonds. The van der Waals surface area contributed by atoms with Crippen molar-refractivity contribution in [2.24, 2.45) is 0 Å². The highest BCUT2D eigenvalue weighted by molar-refractivity contribution is 7.26. The number of hydrogen-bond donors (Lipinski definition) is 0. The van der Waals surface area contributed by atoms with Crippen molar-refractivity contribution in [1.29, 1.82) is 0 Å². The molecule has 4 heteroatoms. The van der Waals surface area contributed by atoms with Gasteiger partial charge in [0, 0.05) is 31.1 Å². The first-order valence-corrected chi connectivity index (χ1v) is 17.8. The summed E-state index contributed by atoms with van der Waals surface area (Å²) in [6.07, 6.45) is -0.958. The molecular weight excluding hydrogens is 725 g/mol. The Morgan fingerprint density at radius 2 is 0.983 bits per heavy atom. The number of aromatic nitrogens is 2. The van der Waals surface area contributed by atoms with Gasteiger partial charge in [0.25, 0.3) is 0 Å². The average molecular weight is 789 g/mol. The molecule has 0 unspecified atom stereocenters. The number of rotatable bonds is 5. The van der Waals surface area contributed by atoms with E-state index in [4.69, 9.17) is 34.6 Å². The second-order valence-corrected chi connectivity index (χ2v) is 13.4. The summed E-state index contributed by atoms with van der Waals surface area (Å²) in [6.45, 7) is 0. The molecule has 0 radical (unpaired) electrons. The van der Waals surface area contributed by atoms with Gasteiger partial charge in [-0.3, -0.25) is 0 Å². The van der Waals surface area contributed by atoms with Crippen LogP contribution in [0, 0.1) is 0 Å². The van der Waals surface area contributed by atoms with Gasteiger partial charge >= 0.3 is 0 Å². The molecular formula is C54H32N2OS. The molecule has 9 aromatic carbocycles. The Kier molecular flexibility index (Phi) is 3.21. The molecule has 270 valence electrons. The number of fused-ring (bicyclic) bond motifs is 8. The predicted octanol–water partition coefficient (Wildman–Crippen LogP) is 15.4. The highest BCUT2D eigenvalue weighted by atomic mass is 32.1. The van der Waals surface area contributed by atoms with Crippen molar-refractivity contribution in [1.82, 2.24) is 9.97 Å². The van der Waals surface area contributed by atoms with Gasteiger partial charge in [-0.15, -0.1) is 11.3 Å². The third-order valence-corrected chi connectivity index (χ3v) is 10.1.